The first kappa shape index (κ1) is 15.9. The molecule has 1 aliphatic heterocycles. The van der Waals surface area contributed by atoms with Crippen molar-refractivity contribution in [1.82, 2.24) is 10.2 Å². The summed E-state index contributed by atoms with van der Waals surface area (Å²) in [6, 6.07) is 3.12. The number of nitrogens with zero attached hydrogens (tertiary/aromatic N) is 1. The maximum Gasteiger partial charge on any atom is 0.239 e. The van der Waals surface area contributed by atoms with Crippen molar-refractivity contribution >= 4 is 5.91 Å². The van der Waals surface area contributed by atoms with Crippen LogP contribution in [0.2, 0.25) is 0 Å². The standard InChI is InChI=1S/C16H22F2N2O/c1-12(16(21)20-8-4-2-3-5-9-20)19-11-13-6-7-14(17)10-15(13)18/h6-7,10,12,19H,2-5,8-9,11H2,1H3. The molecule has 2 rings (SSSR count). The molecular weight excluding hydrogens is 274 g/mol. The van der Waals surface area contributed by atoms with Crippen LogP contribution in [-0.2, 0) is 11.3 Å². The second-order valence-corrected chi connectivity index (χ2v) is 5.58. The summed E-state index contributed by atoms with van der Waals surface area (Å²) in [4.78, 5) is 14.2. The van der Waals surface area contributed by atoms with Crippen LogP contribution < -0.4 is 5.32 Å². The first-order chi connectivity index (χ1) is 10.1. The average Bonchev–Trinajstić information content (AvgIpc) is 2.74. The zero-order valence-corrected chi connectivity index (χ0v) is 12.4. The van der Waals surface area contributed by atoms with E-state index < -0.39 is 11.6 Å². The normalized spacial score (nSPS) is 17.4. The van der Waals surface area contributed by atoms with Gasteiger partial charge >= 0.3 is 0 Å². The van der Waals surface area contributed by atoms with Crippen molar-refractivity contribution in [3.05, 3.63) is 35.4 Å². The molecule has 1 heterocycles. The fourth-order valence-corrected chi connectivity index (χ4v) is 2.58. The Morgan fingerprint density at radius 2 is 1.90 bits per heavy atom. The third-order valence-corrected chi connectivity index (χ3v) is 3.90. The molecule has 1 aromatic rings. The van der Waals surface area contributed by atoms with Gasteiger partial charge in [0.1, 0.15) is 11.6 Å². The number of nitrogens with one attached hydrogen (secondary N) is 1. The van der Waals surface area contributed by atoms with Crippen molar-refractivity contribution in [2.75, 3.05) is 13.1 Å². The molecule has 0 saturated carbocycles. The zero-order valence-electron chi connectivity index (χ0n) is 12.4. The lowest BCUT2D eigenvalue weighted by Gasteiger charge is -2.24. The van der Waals surface area contributed by atoms with E-state index in [2.05, 4.69) is 5.32 Å². The van der Waals surface area contributed by atoms with Crippen LogP contribution >= 0.6 is 0 Å². The summed E-state index contributed by atoms with van der Waals surface area (Å²) in [6.45, 7) is 3.60. The Bertz CT molecular complexity index is 485. The second-order valence-electron chi connectivity index (χ2n) is 5.58. The van der Waals surface area contributed by atoms with Gasteiger partial charge in [-0.05, 0) is 25.8 Å². The Hall–Kier alpha value is -1.49. The fraction of sp³-hybridized carbons (Fsp3) is 0.562. The first-order valence-corrected chi connectivity index (χ1v) is 7.54. The third-order valence-electron chi connectivity index (χ3n) is 3.90. The molecular formula is C16H22F2N2O. The van der Waals surface area contributed by atoms with E-state index in [1.807, 2.05) is 4.90 Å². The van der Waals surface area contributed by atoms with Gasteiger partial charge in [0.25, 0.3) is 0 Å². The van der Waals surface area contributed by atoms with Crippen LogP contribution in [-0.4, -0.2) is 29.9 Å². The van der Waals surface area contributed by atoms with Crippen LogP contribution in [0, 0.1) is 11.6 Å². The number of likely N-dealkylation sites (tertiary alicyclic amines) is 1. The molecule has 1 aliphatic rings. The van der Waals surface area contributed by atoms with Crippen LogP contribution in [0.3, 0.4) is 0 Å². The number of hydrogen-bond donors (Lipinski definition) is 1. The van der Waals surface area contributed by atoms with Gasteiger partial charge in [0, 0.05) is 31.3 Å². The number of amides is 1. The Kier molecular flexibility index (Phi) is 5.67. The lowest BCUT2D eigenvalue weighted by molar-refractivity contribution is -0.133. The van der Waals surface area contributed by atoms with E-state index >= 15 is 0 Å². The highest BCUT2D eigenvalue weighted by molar-refractivity contribution is 5.81. The number of halogens is 2. The number of benzene rings is 1. The van der Waals surface area contributed by atoms with Crippen LogP contribution in [0.4, 0.5) is 8.78 Å². The minimum atomic E-state index is -0.593. The van der Waals surface area contributed by atoms with Crippen molar-refractivity contribution in [2.45, 2.75) is 45.2 Å². The summed E-state index contributed by atoms with van der Waals surface area (Å²) in [5.41, 5.74) is 0.368. The van der Waals surface area contributed by atoms with Crippen molar-refractivity contribution in [3.63, 3.8) is 0 Å². The quantitative estimate of drug-likeness (QED) is 0.926. The topological polar surface area (TPSA) is 32.3 Å². The third kappa shape index (κ3) is 4.49. The Labute approximate surface area is 124 Å². The summed E-state index contributed by atoms with van der Waals surface area (Å²) < 4.78 is 26.4. The van der Waals surface area contributed by atoms with E-state index in [-0.39, 0.29) is 18.5 Å². The van der Waals surface area contributed by atoms with E-state index in [9.17, 15) is 13.6 Å². The summed E-state index contributed by atoms with van der Waals surface area (Å²) >= 11 is 0. The van der Waals surface area contributed by atoms with Crippen molar-refractivity contribution in [2.24, 2.45) is 0 Å². The molecule has 0 aromatic heterocycles. The highest BCUT2D eigenvalue weighted by Crippen LogP contribution is 2.12. The fourth-order valence-electron chi connectivity index (χ4n) is 2.58. The molecule has 0 spiro atoms. The molecule has 3 nitrogen and oxygen atoms in total. The van der Waals surface area contributed by atoms with E-state index in [1.54, 1.807) is 6.92 Å². The average molecular weight is 296 g/mol. The van der Waals surface area contributed by atoms with E-state index in [4.69, 9.17) is 0 Å². The minimum Gasteiger partial charge on any atom is -0.341 e. The molecule has 0 aliphatic carbocycles. The van der Waals surface area contributed by atoms with Gasteiger partial charge in [0.05, 0.1) is 6.04 Å². The first-order valence-electron chi connectivity index (χ1n) is 7.54. The number of carbonyl (C=O) groups is 1. The number of rotatable bonds is 4. The van der Waals surface area contributed by atoms with Gasteiger partial charge in [-0.3, -0.25) is 4.79 Å². The molecule has 1 atom stereocenters. The van der Waals surface area contributed by atoms with E-state index in [0.717, 1.165) is 32.0 Å². The summed E-state index contributed by atoms with van der Waals surface area (Å²) in [5.74, 6) is -1.12. The van der Waals surface area contributed by atoms with E-state index in [1.165, 1.54) is 25.0 Å². The van der Waals surface area contributed by atoms with Crippen molar-refractivity contribution in [3.8, 4) is 0 Å². The molecule has 1 unspecified atom stereocenters. The molecule has 21 heavy (non-hydrogen) atoms. The lowest BCUT2D eigenvalue weighted by atomic mass is 10.2. The number of hydrogen-bond acceptors (Lipinski definition) is 2. The van der Waals surface area contributed by atoms with Gasteiger partial charge < -0.3 is 10.2 Å². The predicted molar refractivity (Wildman–Crippen MR) is 77.7 cm³/mol. The number of carbonyl (C=O) groups excluding carboxylic acids is 1. The minimum absolute atomic E-state index is 0.0550. The van der Waals surface area contributed by atoms with Crippen molar-refractivity contribution in [1.29, 1.82) is 0 Å². The van der Waals surface area contributed by atoms with Gasteiger partial charge in [-0.25, -0.2) is 8.78 Å². The van der Waals surface area contributed by atoms with Gasteiger partial charge in [-0.2, -0.15) is 0 Å². The molecule has 1 saturated heterocycles. The predicted octanol–water partition coefficient (Wildman–Crippen LogP) is 2.85. The van der Waals surface area contributed by atoms with Crippen molar-refractivity contribution < 1.29 is 13.6 Å². The molecule has 0 radical (unpaired) electrons. The summed E-state index contributed by atoms with van der Waals surface area (Å²) in [6.07, 6.45) is 4.44. The summed E-state index contributed by atoms with van der Waals surface area (Å²) in [7, 11) is 0. The second kappa shape index (κ2) is 7.50. The molecule has 1 fully saturated rings. The van der Waals surface area contributed by atoms with Crippen LogP contribution in [0.5, 0.6) is 0 Å². The largest absolute Gasteiger partial charge is 0.341 e. The van der Waals surface area contributed by atoms with Gasteiger partial charge in [-0.15, -0.1) is 0 Å². The molecule has 1 amide bonds. The van der Waals surface area contributed by atoms with Gasteiger partial charge in [0.2, 0.25) is 5.91 Å². The maximum absolute atomic E-state index is 13.5. The maximum atomic E-state index is 13.5. The molecule has 1 N–H and O–H groups in total. The van der Waals surface area contributed by atoms with Gasteiger partial charge in [0.15, 0.2) is 0 Å². The smallest absolute Gasteiger partial charge is 0.239 e. The monoisotopic (exact) mass is 296 g/mol. The summed E-state index contributed by atoms with van der Waals surface area (Å²) in [5, 5.41) is 3.02. The molecule has 5 heteroatoms. The highest BCUT2D eigenvalue weighted by atomic mass is 19.1. The van der Waals surface area contributed by atoms with Crippen LogP contribution in [0.15, 0.2) is 18.2 Å². The zero-order chi connectivity index (χ0) is 15.2. The molecule has 116 valence electrons. The molecule has 0 bridgehead atoms. The Morgan fingerprint density at radius 3 is 2.52 bits per heavy atom. The van der Waals surface area contributed by atoms with Crippen LogP contribution in [0.25, 0.3) is 0 Å². The van der Waals surface area contributed by atoms with Gasteiger partial charge in [-0.1, -0.05) is 18.9 Å². The molecule has 1 aromatic carbocycles. The SMILES string of the molecule is CC(NCc1ccc(F)cc1F)C(=O)N1CCCCCC1. The highest BCUT2D eigenvalue weighted by Gasteiger charge is 2.21. The lowest BCUT2D eigenvalue weighted by Crippen LogP contribution is -2.45. The Morgan fingerprint density at radius 1 is 1.24 bits per heavy atom. The van der Waals surface area contributed by atoms with Crippen LogP contribution in [0.1, 0.15) is 38.2 Å². The van der Waals surface area contributed by atoms with E-state index in [0.29, 0.717) is 5.56 Å². The Balaban J connectivity index is 1.88.